The van der Waals surface area contributed by atoms with Crippen molar-refractivity contribution in [1.82, 2.24) is 10.2 Å². The third kappa shape index (κ3) is 4.33. The maximum absolute atomic E-state index is 3.95. The molecule has 1 aliphatic heterocycles. The smallest absolute Gasteiger partial charge is 0.0309 e. The van der Waals surface area contributed by atoms with Gasteiger partial charge in [0.2, 0.25) is 0 Å². The summed E-state index contributed by atoms with van der Waals surface area (Å²) in [6, 6.07) is 0.721. The second-order valence-corrected chi connectivity index (χ2v) is 7.72. The molecule has 2 rings (SSSR count). The Labute approximate surface area is 126 Å². The molecular weight excluding hydrogens is 244 g/mol. The van der Waals surface area contributed by atoms with Crippen molar-refractivity contribution < 1.29 is 0 Å². The van der Waals surface area contributed by atoms with Gasteiger partial charge in [0.25, 0.3) is 0 Å². The van der Waals surface area contributed by atoms with E-state index >= 15 is 0 Å². The molecule has 0 amide bonds. The van der Waals surface area contributed by atoms with Crippen molar-refractivity contribution >= 4 is 0 Å². The molecule has 0 aromatic carbocycles. The lowest BCUT2D eigenvalue weighted by molar-refractivity contribution is 0.0555. The highest BCUT2D eigenvalue weighted by molar-refractivity contribution is 5.03. The van der Waals surface area contributed by atoms with Gasteiger partial charge in [0.05, 0.1) is 0 Å². The fourth-order valence-electron chi connectivity index (χ4n) is 3.89. The van der Waals surface area contributed by atoms with Gasteiger partial charge in [-0.05, 0) is 39.0 Å². The molecule has 0 aromatic rings. The number of rotatable bonds is 4. The Morgan fingerprint density at radius 1 is 1.25 bits per heavy atom. The van der Waals surface area contributed by atoms with Crippen LogP contribution >= 0.6 is 0 Å². The largest absolute Gasteiger partial charge is 0.308 e. The zero-order chi connectivity index (χ0) is 14.6. The Morgan fingerprint density at radius 2 is 1.95 bits per heavy atom. The first-order valence-electron chi connectivity index (χ1n) is 8.63. The zero-order valence-corrected chi connectivity index (χ0v) is 14.0. The molecule has 1 unspecified atom stereocenters. The van der Waals surface area contributed by atoms with Gasteiger partial charge < -0.3 is 5.32 Å². The molecule has 1 saturated carbocycles. The number of hydrogen-bond acceptors (Lipinski definition) is 2. The van der Waals surface area contributed by atoms with E-state index in [0.29, 0.717) is 5.54 Å². The molecule has 1 atom stereocenters. The molecule has 0 aromatic heterocycles. The van der Waals surface area contributed by atoms with Crippen LogP contribution in [0.3, 0.4) is 0 Å². The van der Waals surface area contributed by atoms with E-state index in [-0.39, 0.29) is 0 Å². The Hall–Kier alpha value is -0.340. The van der Waals surface area contributed by atoms with Crippen molar-refractivity contribution in [3.8, 4) is 0 Å². The Bertz CT molecular complexity index is 322. The number of allylic oxidation sites excluding steroid dienone is 1. The lowest BCUT2D eigenvalue weighted by Gasteiger charge is -2.50. The van der Waals surface area contributed by atoms with Crippen molar-refractivity contribution in [3.63, 3.8) is 0 Å². The van der Waals surface area contributed by atoms with Gasteiger partial charge >= 0.3 is 0 Å². The van der Waals surface area contributed by atoms with Crippen LogP contribution in [0.4, 0.5) is 0 Å². The van der Waals surface area contributed by atoms with Gasteiger partial charge in [0.15, 0.2) is 0 Å². The summed E-state index contributed by atoms with van der Waals surface area (Å²) < 4.78 is 0. The van der Waals surface area contributed by atoms with Crippen molar-refractivity contribution in [2.24, 2.45) is 5.92 Å². The maximum Gasteiger partial charge on any atom is 0.0309 e. The molecular formula is C18H34N2. The lowest BCUT2D eigenvalue weighted by Crippen LogP contribution is -2.64. The van der Waals surface area contributed by atoms with Crippen LogP contribution < -0.4 is 5.32 Å². The van der Waals surface area contributed by atoms with Gasteiger partial charge in [0.1, 0.15) is 0 Å². The highest BCUT2D eigenvalue weighted by Gasteiger charge is 2.39. The SMILES string of the molecule is CC(C)=CCN1CC2(CCCCC2)NCC1CC(C)C. The minimum Gasteiger partial charge on any atom is -0.308 e. The van der Waals surface area contributed by atoms with Gasteiger partial charge in [-0.2, -0.15) is 0 Å². The predicted molar refractivity (Wildman–Crippen MR) is 88.1 cm³/mol. The van der Waals surface area contributed by atoms with Crippen LogP contribution in [0, 0.1) is 5.92 Å². The molecule has 2 nitrogen and oxygen atoms in total. The summed E-state index contributed by atoms with van der Waals surface area (Å²) in [4.78, 5) is 2.76. The first-order chi connectivity index (χ1) is 9.51. The maximum atomic E-state index is 3.95. The molecule has 1 heterocycles. The average Bonchev–Trinajstić information content (AvgIpc) is 2.40. The molecule has 2 fully saturated rings. The molecule has 1 spiro atoms. The molecule has 0 bridgehead atoms. The van der Waals surface area contributed by atoms with E-state index in [0.717, 1.165) is 18.5 Å². The molecule has 20 heavy (non-hydrogen) atoms. The first kappa shape index (κ1) is 16.0. The van der Waals surface area contributed by atoms with Crippen molar-refractivity contribution in [3.05, 3.63) is 11.6 Å². The fourth-order valence-corrected chi connectivity index (χ4v) is 3.89. The molecule has 1 N–H and O–H groups in total. The first-order valence-corrected chi connectivity index (χ1v) is 8.63. The number of hydrogen-bond donors (Lipinski definition) is 1. The third-order valence-electron chi connectivity index (χ3n) is 5.02. The summed E-state index contributed by atoms with van der Waals surface area (Å²) in [6.07, 6.45) is 10.8. The Morgan fingerprint density at radius 3 is 2.55 bits per heavy atom. The quantitative estimate of drug-likeness (QED) is 0.783. The molecule has 2 aliphatic rings. The molecule has 0 radical (unpaired) electrons. The van der Waals surface area contributed by atoms with Gasteiger partial charge in [-0.25, -0.2) is 0 Å². The summed E-state index contributed by atoms with van der Waals surface area (Å²) in [7, 11) is 0. The monoisotopic (exact) mass is 278 g/mol. The van der Waals surface area contributed by atoms with E-state index in [1.54, 1.807) is 0 Å². The second-order valence-electron chi connectivity index (χ2n) is 7.72. The van der Waals surface area contributed by atoms with E-state index < -0.39 is 0 Å². The van der Waals surface area contributed by atoms with Crippen LogP contribution in [0.2, 0.25) is 0 Å². The molecule has 116 valence electrons. The highest BCUT2D eigenvalue weighted by atomic mass is 15.3. The van der Waals surface area contributed by atoms with Crippen LogP contribution in [0.15, 0.2) is 11.6 Å². The standard InChI is InChI=1S/C18H34N2/c1-15(2)8-11-20-14-18(9-6-5-7-10-18)19-13-17(20)12-16(3)4/h8,16-17,19H,5-7,9-14H2,1-4H3. The van der Waals surface area contributed by atoms with Crippen molar-refractivity contribution in [2.75, 3.05) is 19.6 Å². The van der Waals surface area contributed by atoms with Gasteiger partial charge in [-0.1, -0.05) is 44.8 Å². The predicted octanol–water partition coefficient (Wildman–Crippen LogP) is 3.98. The topological polar surface area (TPSA) is 15.3 Å². The van der Waals surface area contributed by atoms with Crippen LogP contribution in [-0.2, 0) is 0 Å². The molecule has 2 heteroatoms. The summed E-state index contributed by atoms with van der Waals surface area (Å²) >= 11 is 0. The lowest BCUT2D eigenvalue weighted by atomic mass is 9.79. The number of nitrogens with zero attached hydrogens (tertiary/aromatic N) is 1. The number of nitrogens with one attached hydrogen (secondary N) is 1. The zero-order valence-electron chi connectivity index (χ0n) is 14.0. The van der Waals surface area contributed by atoms with Crippen LogP contribution in [-0.4, -0.2) is 36.1 Å². The molecule has 1 saturated heterocycles. The minimum atomic E-state index is 0.432. The fraction of sp³-hybridized carbons (Fsp3) is 0.889. The second kappa shape index (κ2) is 7.09. The van der Waals surface area contributed by atoms with E-state index in [1.165, 1.54) is 57.2 Å². The third-order valence-corrected chi connectivity index (χ3v) is 5.02. The summed E-state index contributed by atoms with van der Waals surface area (Å²) in [6.45, 7) is 12.7. The van der Waals surface area contributed by atoms with Crippen LogP contribution in [0.5, 0.6) is 0 Å². The summed E-state index contributed by atoms with van der Waals surface area (Å²) in [5.74, 6) is 0.788. The minimum absolute atomic E-state index is 0.432. The Balaban J connectivity index is 2.03. The molecule has 1 aliphatic carbocycles. The normalized spacial score (nSPS) is 26.9. The van der Waals surface area contributed by atoms with E-state index in [2.05, 4.69) is 44.0 Å². The van der Waals surface area contributed by atoms with Gasteiger partial charge in [-0.15, -0.1) is 0 Å². The number of piperazine rings is 1. The van der Waals surface area contributed by atoms with Crippen molar-refractivity contribution in [1.29, 1.82) is 0 Å². The summed E-state index contributed by atoms with van der Waals surface area (Å²) in [5.41, 5.74) is 1.88. The average molecular weight is 278 g/mol. The van der Waals surface area contributed by atoms with Crippen LogP contribution in [0.25, 0.3) is 0 Å². The highest BCUT2D eigenvalue weighted by Crippen LogP contribution is 2.32. The van der Waals surface area contributed by atoms with Gasteiger partial charge in [-0.3, -0.25) is 4.90 Å². The van der Waals surface area contributed by atoms with E-state index in [9.17, 15) is 0 Å². The Kier molecular flexibility index (Phi) is 5.68. The van der Waals surface area contributed by atoms with E-state index in [4.69, 9.17) is 0 Å². The van der Waals surface area contributed by atoms with E-state index in [1.807, 2.05) is 0 Å². The van der Waals surface area contributed by atoms with Crippen LogP contribution in [0.1, 0.15) is 66.2 Å². The van der Waals surface area contributed by atoms with Gasteiger partial charge in [0, 0.05) is 31.2 Å². The van der Waals surface area contributed by atoms with Crippen molar-refractivity contribution in [2.45, 2.75) is 77.8 Å². The summed E-state index contributed by atoms with van der Waals surface area (Å²) in [5, 5.41) is 3.95.